The van der Waals surface area contributed by atoms with E-state index < -0.39 is 25.9 Å². The first-order valence-corrected chi connectivity index (χ1v) is 9.32. The minimum Gasteiger partial charge on any atom is -0.350 e. The second-order valence-corrected chi connectivity index (χ2v) is 9.10. The normalized spacial score (nSPS) is 14.1. The Kier molecular flexibility index (Phi) is 4.40. The quantitative estimate of drug-likeness (QED) is 0.806. The number of rotatable bonds is 4. The number of hydrogen-bond acceptors (Lipinski definition) is 6. The number of primary sulfonamides is 1. The molecule has 0 fully saturated rings. The molecule has 0 radical (unpaired) electrons. The number of hydrogen-bond donors (Lipinski definition) is 2. The molecule has 0 saturated heterocycles. The van der Waals surface area contributed by atoms with Gasteiger partial charge in [0.2, 0.25) is 15.9 Å². The van der Waals surface area contributed by atoms with E-state index in [9.17, 15) is 21.6 Å². The highest BCUT2D eigenvalue weighted by molar-refractivity contribution is 7.94. The van der Waals surface area contributed by atoms with Crippen molar-refractivity contribution in [1.82, 2.24) is 5.32 Å². The Morgan fingerprint density at radius 1 is 1.37 bits per heavy atom. The molecular weight excluding hydrogens is 312 g/mol. The van der Waals surface area contributed by atoms with Crippen molar-refractivity contribution < 1.29 is 21.6 Å². The van der Waals surface area contributed by atoms with Crippen molar-refractivity contribution in [3.63, 3.8) is 0 Å². The third kappa shape index (κ3) is 4.00. The zero-order chi connectivity index (χ0) is 15.0. The maximum Gasteiger partial charge on any atom is 0.247 e. The van der Waals surface area contributed by atoms with Crippen LogP contribution in [-0.4, -0.2) is 29.0 Å². The van der Waals surface area contributed by atoms with Crippen LogP contribution in [0, 0.1) is 0 Å². The molecule has 0 bridgehead atoms. The molecule has 1 heterocycles. The largest absolute Gasteiger partial charge is 0.350 e. The molecule has 1 atom stereocenters. The van der Waals surface area contributed by atoms with Crippen LogP contribution in [-0.2, 0) is 24.7 Å². The van der Waals surface area contributed by atoms with Gasteiger partial charge in [0.1, 0.15) is 8.42 Å². The molecule has 0 aromatic carbocycles. The van der Waals surface area contributed by atoms with Gasteiger partial charge in [0.25, 0.3) is 0 Å². The van der Waals surface area contributed by atoms with Gasteiger partial charge in [0, 0.05) is 18.7 Å². The lowest BCUT2D eigenvalue weighted by Crippen LogP contribution is -2.24. The monoisotopic (exact) mass is 326 g/mol. The number of nitrogens with two attached hydrogens (primary N) is 1. The predicted molar refractivity (Wildman–Crippen MR) is 71.0 cm³/mol. The number of carbonyl (C=O) groups excluding carboxylic acids is 1. The molecule has 0 aliphatic carbocycles. The number of amides is 1. The standard InChI is InChI=1S/C9H14N2O5S3/c1-5(11-6(2)12)7-4-8(19(10,15)16)17-9(7)18(3,13)14/h4-5H,1-3H3,(H,11,12)(H2,10,15,16). The lowest BCUT2D eigenvalue weighted by Gasteiger charge is -2.12. The zero-order valence-electron chi connectivity index (χ0n) is 10.5. The van der Waals surface area contributed by atoms with Crippen LogP contribution in [0.4, 0.5) is 0 Å². The summed E-state index contributed by atoms with van der Waals surface area (Å²) in [6.07, 6.45) is 0.968. The van der Waals surface area contributed by atoms with Crippen LogP contribution < -0.4 is 10.5 Å². The van der Waals surface area contributed by atoms with Gasteiger partial charge in [0.15, 0.2) is 9.84 Å². The predicted octanol–water partition coefficient (Wildman–Crippen LogP) is -0.00390. The van der Waals surface area contributed by atoms with E-state index in [1.807, 2.05) is 0 Å². The second-order valence-electron chi connectivity index (χ2n) is 4.05. The average Bonchev–Trinajstić information content (AvgIpc) is 2.58. The Morgan fingerprint density at radius 2 is 1.89 bits per heavy atom. The summed E-state index contributed by atoms with van der Waals surface area (Å²) in [7, 11) is -7.59. The molecule has 1 rings (SSSR count). The second kappa shape index (κ2) is 5.19. The van der Waals surface area contributed by atoms with Crippen LogP contribution in [0.1, 0.15) is 25.5 Å². The topological polar surface area (TPSA) is 123 Å². The highest BCUT2D eigenvalue weighted by Gasteiger charge is 2.25. The van der Waals surface area contributed by atoms with Crippen molar-refractivity contribution in [2.24, 2.45) is 5.14 Å². The van der Waals surface area contributed by atoms with E-state index >= 15 is 0 Å². The molecule has 0 aliphatic rings. The summed E-state index contributed by atoms with van der Waals surface area (Å²) in [5, 5.41) is 7.49. The van der Waals surface area contributed by atoms with Crippen molar-refractivity contribution in [3.05, 3.63) is 11.6 Å². The number of carbonyl (C=O) groups is 1. The summed E-state index contributed by atoms with van der Waals surface area (Å²) < 4.78 is 45.5. The highest BCUT2D eigenvalue weighted by atomic mass is 32.3. The molecule has 7 nitrogen and oxygen atoms in total. The van der Waals surface area contributed by atoms with Gasteiger partial charge in [-0.3, -0.25) is 4.79 Å². The molecule has 10 heteroatoms. The van der Waals surface area contributed by atoms with Crippen molar-refractivity contribution in [3.8, 4) is 0 Å². The number of sulfonamides is 1. The lowest BCUT2D eigenvalue weighted by atomic mass is 10.2. The zero-order valence-corrected chi connectivity index (χ0v) is 12.9. The SMILES string of the molecule is CC(=O)NC(C)c1cc(S(N)(=O)=O)sc1S(C)(=O)=O. The van der Waals surface area contributed by atoms with Gasteiger partial charge < -0.3 is 5.32 Å². The van der Waals surface area contributed by atoms with Crippen LogP contribution in [0.2, 0.25) is 0 Å². The third-order valence-electron chi connectivity index (χ3n) is 2.21. The van der Waals surface area contributed by atoms with E-state index in [0.717, 1.165) is 6.26 Å². The molecule has 0 spiro atoms. The number of thiophene rings is 1. The van der Waals surface area contributed by atoms with E-state index in [4.69, 9.17) is 5.14 Å². The van der Waals surface area contributed by atoms with Gasteiger partial charge in [-0.1, -0.05) is 0 Å². The van der Waals surface area contributed by atoms with Crippen LogP contribution in [0.25, 0.3) is 0 Å². The van der Waals surface area contributed by atoms with Crippen LogP contribution >= 0.6 is 11.3 Å². The van der Waals surface area contributed by atoms with E-state index in [-0.39, 0.29) is 19.9 Å². The molecule has 0 saturated carbocycles. The Labute approximate surface area is 115 Å². The molecule has 1 amide bonds. The first kappa shape index (κ1) is 16.1. The number of nitrogens with one attached hydrogen (secondary N) is 1. The molecule has 1 unspecified atom stereocenters. The Bertz CT molecular complexity index is 702. The smallest absolute Gasteiger partial charge is 0.247 e. The van der Waals surface area contributed by atoms with E-state index in [1.54, 1.807) is 6.92 Å². The van der Waals surface area contributed by atoms with Gasteiger partial charge in [-0.05, 0) is 13.0 Å². The summed E-state index contributed by atoms with van der Waals surface area (Å²) in [4.78, 5) is 11.0. The molecule has 0 aliphatic heterocycles. The summed E-state index contributed by atoms with van der Waals surface area (Å²) in [5.41, 5.74) is 0.215. The summed E-state index contributed by atoms with van der Waals surface area (Å²) in [5.74, 6) is -0.352. The maximum atomic E-state index is 11.6. The van der Waals surface area contributed by atoms with E-state index in [1.165, 1.54) is 13.0 Å². The van der Waals surface area contributed by atoms with E-state index in [0.29, 0.717) is 11.3 Å². The minimum absolute atomic E-state index is 0.113. The molecule has 19 heavy (non-hydrogen) atoms. The van der Waals surface area contributed by atoms with Crippen molar-refractivity contribution in [2.45, 2.75) is 28.3 Å². The summed E-state index contributed by atoms with van der Waals surface area (Å²) in [6, 6.07) is 0.547. The summed E-state index contributed by atoms with van der Waals surface area (Å²) in [6.45, 7) is 2.84. The first-order valence-electron chi connectivity index (χ1n) is 5.06. The fourth-order valence-corrected chi connectivity index (χ4v) is 4.90. The minimum atomic E-state index is -3.99. The Morgan fingerprint density at radius 3 is 2.26 bits per heavy atom. The van der Waals surface area contributed by atoms with Crippen LogP contribution in [0.3, 0.4) is 0 Å². The average molecular weight is 326 g/mol. The van der Waals surface area contributed by atoms with Gasteiger partial charge >= 0.3 is 0 Å². The Hall–Kier alpha value is -0.970. The van der Waals surface area contributed by atoms with Gasteiger partial charge in [-0.15, -0.1) is 11.3 Å². The molecule has 1 aromatic heterocycles. The first-order chi connectivity index (χ1) is 8.43. The van der Waals surface area contributed by atoms with E-state index in [2.05, 4.69) is 5.32 Å². The Balaban J connectivity index is 3.45. The molecule has 3 N–H and O–H groups in total. The van der Waals surface area contributed by atoms with Crippen LogP contribution in [0.5, 0.6) is 0 Å². The fourth-order valence-electron chi connectivity index (χ4n) is 1.48. The molecular formula is C9H14N2O5S3. The third-order valence-corrected chi connectivity index (χ3v) is 6.64. The van der Waals surface area contributed by atoms with Gasteiger partial charge in [-0.2, -0.15) is 0 Å². The summed E-state index contributed by atoms with van der Waals surface area (Å²) >= 11 is 0.577. The van der Waals surface area contributed by atoms with Crippen LogP contribution in [0.15, 0.2) is 14.5 Å². The highest BCUT2D eigenvalue weighted by Crippen LogP contribution is 2.33. The fraction of sp³-hybridized carbons (Fsp3) is 0.444. The van der Waals surface area contributed by atoms with Gasteiger partial charge in [0.05, 0.1) is 6.04 Å². The van der Waals surface area contributed by atoms with Crippen molar-refractivity contribution in [1.29, 1.82) is 0 Å². The lowest BCUT2D eigenvalue weighted by molar-refractivity contribution is -0.119. The van der Waals surface area contributed by atoms with Crippen molar-refractivity contribution in [2.75, 3.05) is 6.26 Å². The molecule has 1 aromatic rings. The maximum absolute atomic E-state index is 11.6. The van der Waals surface area contributed by atoms with Crippen molar-refractivity contribution >= 4 is 37.1 Å². The molecule has 108 valence electrons. The van der Waals surface area contributed by atoms with Gasteiger partial charge in [-0.25, -0.2) is 22.0 Å². The number of sulfone groups is 1.